The Morgan fingerprint density at radius 3 is 2.85 bits per heavy atom. The number of amides is 1. The second kappa shape index (κ2) is 10.4. The van der Waals surface area contributed by atoms with Crippen molar-refractivity contribution in [3.63, 3.8) is 0 Å². The van der Waals surface area contributed by atoms with Crippen molar-refractivity contribution in [1.82, 2.24) is 15.4 Å². The van der Waals surface area contributed by atoms with E-state index >= 15 is 0 Å². The predicted molar refractivity (Wildman–Crippen MR) is 139 cm³/mol. The maximum Gasteiger partial charge on any atom is 0.260 e. The molecule has 0 saturated carbocycles. The number of thioether (sulfide) groups is 1. The van der Waals surface area contributed by atoms with Crippen LogP contribution in [0.25, 0.3) is 21.3 Å². The van der Waals surface area contributed by atoms with Crippen molar-refractivity contribution in [3.05, 3.63) is 67.7 Å². The van der Waals surface area contributed by atoms with E-state index in [1.807, 2.05) is 36.6 Å². The van der Waals surface area contributed by atoms with E-state index in [-0.39, 0.29) is 28.7 Å². The summed E-state index contributed by atoms with van der Waals surface area (Å²) in [6.45, 7) is 2.01. The fraction of sp³-hybridized carbons (Fsp3) is 0.130. The molecule has 0 unspecified atom stereocenters. The van der Waals surface area contributed by atoms with Gasteiger partial charge in [0.15, 0.2) is 16.7 Å². The number of rotatable bonds is 7. The topological polar surface area (TPSA) is 117 Å². The summed E-state index contributed by atoms with van der Waals surface area (Å²) in [4.78, 5) is 32.8. The van der Waals surface area contributed by atoms with Crippen LogP contribution >= 0.6 is 39.0 Å². The lowest BCUT2D eigenvalue weighted by molar-refractivity contribution is -0.118. The molecule has 2 heterocycles. The van der Waals surface area contributed by atoms with E-state index in [0.29, 0.717) is 25.4 Å². The zero-order valence-corrected chi connectivity index (χ0v) is 21.3. The van der Waals surface area contributed by atoms with Crippen molar-refractivity contribution < 1.29 is 14.6 Å². The number of H-pyrrole nitrogens is 1. The number of phenolic OH excluding ortho intramolecular Hbond substituents is 1. The molecular weight excluding hydrogens is 540 g/mol. The molecule has 4 rings (SSSR count). The molecule has 0 bridgehead atoms. The van der Waals surface area contributed by atoms with Crippen LogP contribution in [0, 0.1) is 6.92 Å². The molecule has 34 heavy (non-hydrogen) atoms. The van der Waals surface area contributed by atoms with E-state index in [4.69, 9.17) is 4.74 Å². The second-order valence-corrected chi connectivity index (χ2v) is 9.88. The largest absolute Gasteiger partial charge is 0.503 e. The molecule has 0 spiro atoms. The number of nitrogens with zero attached hydrogens (tertiary/aromatic N) is 2. The number of aromatic hydroxyl groups is 1. The molecule has 2 aromatic heterocycles. The molecule has 0 atom stereocenters. The molecule has 3 N–H and O–H groups in total. The van der Waals surface area contributed by atoms with Crippen molar-refractivity contribution >= 4 is 61.4 Å². The lowest BCUT2D eigenvalue weighted by Gasteiger charge is -2.06. The number of thiophene rings is 1. The summed E-state index contributed by atoms with van der Waals surface area (Å²) in [7, 11) is 1.44. The molecular formula is C23H19BrN4O4S2. The third-order valence-corrected chi connectivity index (χ3v) is 7.15. The molecule has 2 aromatic carbocycles. The summed E-state index contributed by atoms with van der Waals surface area (Å²) < 4.78 is 5.53. The summed E-state index contributed by atoms with van der Waals surface area (Å²) in [6, 6.07) is 11.2. The van der Waals surface area contributed by atoms with Gasteiger partial charge in [0.25, 0.3) is 11.5 Å². The number of halogens is 1. The number of aromatic nitrogens is 2. The average molecular weight is 559 g/mol. The first-order valence-electron chi connectivity index (χ1n) is 9.95. The number of aromatic amines is 1. The van der Waals surface area contributed by atoms with Gasteiger partial charge in [0.05, 0.1) is 28.9 Å². The number of benzene rings is 2. The highest BCUT2D eigenvalue weighted by Gasteiger charge is 2.14. The number of aryl methyl sites for hydroxylation is 1. The van der Waals surface area contributed by atoms with Crippen molar-refractivity contribution in [3.8, 4) is 22.6 Å². The van der Waals surface area contributed by atoms with Crippen LogP contribution in [0.1, 0.15) is 11.1 Å². The van der Waals surface area contributed by atoms with Gasteiger partial charge in [-0.3, -0.25) is 9.59 Å². The number of ether oxygens (including phenoxy) is 1. The Balaban J connectivity index is 1.41. The molecule has 8 nitrogen and oxygen atoms in total. The van der Waals surface area contributed by atoms with Crippen LogP contribution in [0.5, 0.6) is 11.5 Å². The first kappa shape index (κ1) is 24.0. The van der Waals surface area contributed by atoms with Crippen LogP contribution in [0.2, 0.25) is 0 Å². The van der Waals surface area contributed by atoms with E-state index in [0.717, 1.165) is 28.5 Å². The van der Waals surface area contributed by atoms with E-state index in [1.165, 1.54) is 24.7 Å². The number of hydrazone groups is 1. The highest BCUT2D eigenvalue weighted by Crippen LogP contribution is 2.35. The number of hydrogen-bond acceptors (Lipinski definition) is 8. The van der Waals surface area contributed by atoms with Crippen LogP contribution in [0.3, 0.4) is 0 Å². The fourth-order valence-corrected chi connectivity index (χ4v) is 5.23. The highest BCUT2D eigenvalue weighted by atomic mass is 79.9. The molecule has 0 aliphatic rings. The van der Waals surface area contributed by atoms with Crippen LogP contribution in [0.15, 0.2) is 61.3 Å². The summed E-state index contributed by atoms with van der Waals surface area (Å²) in [5, 5.41) is 16.6. The first-order chi connectivity index (χ1) is 16.4. The molecule has 0 aliphatic heterocycles. The van der Waals surface area contributed by atoms with Crippen molar-refractivity contribution in [2.75, 3.05) is 12.9 Å². The standard InChI is InChI=1S/C23H19BrN4O4S2/c1-12-3-5-14(6-4-12)15-10-33-22-19(15)21(31)26-23(27-22)34-11-18(29)28-25-9-13-7-16(24)20(30)17(8-13)32-2/h3-10,30H,11H2,1-2H3,(H,28,29)(H,26,27,31)/b25-9+. The van der Waals surface area contributed by atoms with Gasteiger partial charge in [-0.05, 0) is 46.1 Å². The lowest BCUT2D eigenvalue weighted by atomic mass is 10.1. The Morgan fingerprint density at radius 2 is 2.12 bits per heavy atom. The minimum atomic E-state index is -0.361. The highest BCUT2D eigenvalue weighted by molar-refractivity contribution is 9.10. The Labute approximate surface area is 211 Å². The molecule has 4 aromatic rings. The number of carbonyl (C=O) groups excluding carboxylic acids is 1. The van der Waals surface area contributed by atoms with Gasteiger partial charge >= 0.3 is 0 Å². The molecule has 0 saturated heterocycles. The van der Waals surface area contributed by atoms with Gasteiger partial charge in [-0.15, -0.1) is 11.3 Å². The first-order valence-corrected chi connectivity index (χ1v) is 12.6. The van der Waals surface area contributed by atoms with Crippen molar-refractivity contribution in [1.29, 1.82) is 0 Å². The summed E-state index contributed by atoms with van der Waals surface area (Å²) in [5.41, 5.74) is 5.75. The third-order valence-electron chi connectivity index (χ3n) is 4.80. The van der Waals surface area contributed by atoms with Gasteiger partial charge in [-0.1, -0.05) is 41.6 Å². The number of phenols is 1. The second-order valence-electron chi connectivity index (χ2n) is 7.20. The zero-order chi connectivity index (χ0) is 24.2. The van der Waals surface area contributed by atoms with Crippen LogP contribution in [0.4, 0.5) is 0 Å². The summed E-state index contributed by atoms with van der Waals surface area (Å²) in [5.74, 6) is -0.0808. The maximum atomic E-state index is 12.7. The lowest BCUT2D eigenvalue weighted by Crippen LogP contribution is -2.20. The van der Waals surface area contributed by atoms with Crippen molar-refractivity contribution in [2.24, 2.45) is 5.10 Å². The number of methoxy groups -OCH3 is 1. The third kappa shape index (κ3) is 5.32. The van der Waals surface area contributed by atoms with Crippen LogP contribution in [-0.2, 0) is 4.79 Å². The van der Waals surface area contributed by atoms with Gasteiger partial charge in [-0.2, -0.15) is 5.10 Å². The van der Waals surface area contributed by atoms with Gasteiger partial charge in [0, 0.05) is 10.9 Å². The van der Waals surface area contributed by atoms with E-state index in [1.54, 1.807) is 12.1 Å². The Kier molecular flexibility index (Phi) is 7.35. The average Bonchev–Trinajstić information content (AvgIpc) is 3.25. The summed E-state index contributed by atoms with van der Waals surface area (Å²) >= 11 is 5.74. The molecule has 0 radical (unpaired) electrons. The molecule has 11 heteroatoms. The van der Waals surface area contributed by atoms with Gasteiger partial charge < -0.3 is 14.8 Å². The fourth-order valence-electron chi connectivity index (χ4n) is 3.11. The van der Waals surface area contributed by atoms with Gasteiger partial charge in [0.1, 0.15) is 4.83 Å². The van der Waals surface area contributed by atoms with Gasteiger partial charge in [0.2, 0.25) is 0 Å². The smallest absolute Gasteiger partial charge is 0.260 e. The molecule has 0 aliphatic carbocycles. The molecule has 0 fully saturated rings. The Bertz CT molecular complexity index is 1450. The van der Waals surface area contributed by atoms with E-state index in [9.17, 15) is 14.7 Å². The summed E-state index contributed by atoms with van der Waals surface area (Å²) in [6.07, 6.45) is 1.43. The van der Waals surface area contributed by atoms with Crippen LogP contribution < -0.4 is 15.7 Å². The van der Waals surface area contributed by atoms with Crippen LogP contribution in [-0.4, -0.2) is 40.1 Å². The number of carbonyl (C=O) groups is 1. The normalized spacial score (nSPS) is 11.3. The van der Waals surface area contributed by atoms with Crippen molar-refractivity contribution in [2.45, 2.75) is 12.1 Å². The number of fused-ring (bicyclic) bond motifs is 1. The quantitative estimate of drug-likeness (QED) is 0.131. The minimum absolute atomic E-state index is 0.0183. The number of hydrogen-bond donors (Lipinski definition) is 3. The van der Waals surface area contributed by atoms with E-state index < -0.39 is 0 Å². The van der Waals surface area contributed by atoms with Gasteiger partial charge in [-0.25, -0.2) is 10.4 Å². The SMILES string of the molecule is COc1cc(/C=N/NC(=O)CSc2nc3scc(-c4ccc(C)cc4)c3c(=O)[nH]2)cc(Br)c1O. The number of nitrogens with one attached hydrogen (secondary N) is 2. The Morgan fingerprint density at radius 1 is 1.35 bits per heavy atom. The van der Waals surface area contributed by atoms with E-state index in [2.05, 4.69) is 36.4 Å². The minimum Gasteiger partial charge on any atom is -0.503 e. The zero-order valence-electron chi connectivity index (χ0n) is 18.1. The molecule has 174 valence electrons. The predicted octanol–water partition coefficient (Wildman–Crippen LogP) is 4.68. The molecule has 1 amide bonds. The Hall–Kier alpha value is -3.15. The maximum absolute atomic E-state index is 12.7. The monoisotopic (exact) mass is 558 g/mol.